The van der Waals surface area contributed by atoms with Gasteiger partial charge in [-0.25, -0.2) is 26.5 Å². The molecule has 0 aliphatic heterocycles. The Hall–Kier alpha value is -4.19. The lowest BCUT2D eigenvalue weighted by Crippen LogP contribution is -2.31. The molecule has 1 amide bonds. The Balaban J connectivity index is 1.60. The average molecular weight is 671 g/mol. The largest absolute Gasteiger partial charge is 0.501 e. The molecular formula is C28H29F3N4O8S2. The first-order valence-electron chi connectivity index (χ1n) is 13.5. The second-order valence-corrected chi connectivity index (χ2v) is 12.9. The van der Waals surface area contributed by atoms with E-state index in [0.717, 1.165) is 12.1 Å². The third-order valence-corrected chi connectivity index (χ3v) is 9.07. The first-order chi connectivity index (χ1) is 21.3. The number of para-hydroxylation sites is 1. The van der Waals surface area contributed by atoms with Crippen LogP contribution in [0.4, 0.5) is 18.9 Å². The van der Waals surface area contributed by atoms with E-state index >= 15 is 0 Å². The fourth-order valence-corrected chi connectivity index (χ4v) is 6.18. The van der Waals surface area contributed by atoms with Crippen LogP contribution in [0.5, 0.6) is 11.5 Å². The molecule has 4 aromatic rings. The monoisotopic (exact) mass is 670 g/mol. The van der Waals surface area contributed by atoms with Crippen molar-refractivity contribution in [3.8, 4) is 11.5 Å². The minimum atomic E-state index is -6.02. The number of nitrogens with zero attached hydrogens (tertiary/aromatic N) is 1. The van der Waals surface area contributed by atoms with E-state index in [9.17, 15) is 34.8 Å². The number of amides is 1. The Morgan fingerprint density at radius 3 is 2.40 bits per heavy atom. The number of sulfonamides is 1. The van der Waals surface area contributed by atoms with Crippen LogP contribution in [0.1, 0.15) is 30.6 Å². The van der Waals surface area contributed by atoms with Gasteiger partial charge in [-0.3, -0.25) is 4.79 Å². The van der Waals surface area contributed by atoms with Gasteiger partial charge in [0.2, 0.25) is 0 Å². The normalized spacial score (nSPS) is 12.4. The number of aromatic nitrogens is 2. The van der Waals surface area contributed by atoms with E-state index in [-0.39, 0.29) is 30.0 Å². The summed E-state index contributed by atoms with van der Waals surface area (Å²) in [5.74, 6) is -0.982. The van der Waals surface area contributed by atoms with Crippen molar-refractivity contribution in [2.45, 2.75) is 41.9 Å². The van der Waals surface area contributed by atoms with Crippen LogP contribution in [-0.2, 0) is 29.3 Å². The number of aromatic amines is 1. The highest BCUT2D eigenvalue weighted by Gasteiger charge is 2.48. The fourth-order valence-electron chi connectivity index (χ4n) is 4.16. The number of rotatable bonds is 14. The van der Waals surface area contributed by atoms with E-state index in [1.807, 2.05) is 0 Å². The van der Waals surface area contributed by atoms with Crippen molar-refractivity contribution in [3.63, 3.8) is 0 Å². The molecule has 0 radical (unpaired) electrons. The highest BCUT2D eigenvalue weighted by atomic mass is 32.2. The van der Waals surface area contributed by atoms with Gasteiger partial charge >= 0.3 is 5.51 Å². The van der Waals surface area contributed by atoms with Gasteiger partial charge in [-0.1, -0.05) is 12.1 Å². The van der Waals surface area contributed by atoms with Crippen LogP contribution in [0.3, 0.4) is 0 Å². The first kappa shape index (κ1) is 33.7. The number of fused-ring (bicyclic) bond motifs is 1. The molecule has 2 aromatic carbocycles. The van der Waals surface area contributed by atoms with Gasteiger partial charge in [0.15, 0.2) is 6.29 Å². The van der Waals surface area contributed by atoms with Crippen LogP contribution in [0.25, 0.3) is 11.0 Å². The Kier molecular flexibility index (Phi) is 10.4. The molecule has 3 N–H and O–H groups in total. The maximum Gasteiger partial charge on any atom is 0.501 e. The number of benzene rings is 2. The molecule has 0 aliphatic carbocycles. The summed E-state index contributed by atoms with van der Waals surface area (Å²) in [4.78, 5) is 18.0. The summed E-state index contributed by atoms with van der Waals surface area (Å²) in [5, 5.41) is 3.29. The second kappa shape index (κ2) is 13.8. The minimum absolute atomic E-state index is 0.0424. The molecule has 4 rings (SSSR count). The molecule has 0 spiro atoms. The standard InChI is InChI=1S/C28H29F3N4O8S2/c1-3-41-25(42-4-2)12-14-32-22-10-9-20(16-24(22)44(37,38)28(29,30)31)45(39,40)35-27(36)21-7-5-6-8-23(21)43-19-15-18-11-13-33-26(18)34-17-19/h5-11,13,15-17,25,32H,3-4,12,14H2,1-2H3,(H,33,34)(H,35,36). The Bertz CT molecular complexity index is 1870. The number of halogens is 3. The SMILES string of the molecule is CCOC(CCNc1ccc(S(=O)(=O)NC(=O)c2ccccc2Oc2cnc3[nH]ccc3c2)cc1S(=O)(=O)C(F)(F)F)OCC. The van der Waals surface area contributed by atoms with Gasteiger partial charge in [0.1, 0.15) is 22.0 Å². The fraction of sp³-hybridized carbons (Fsp3) is 0.286. The molecule has 12 nitrogen and oxygen atoms in total. The number of alkyl halides is 3. The lowest BCUT2D eigenvalue weighted by molar-refractivity contribution is -0.137. The van der Waals surface area contributed by atoms with Gasteiger partial charge < -0.3 is 24.5 Å². The lowest BCUT2D eigenvalue weighted by atomic mass is 10.2. The molecule has 45 heavy (non-hydrogen) atoms. The van der Waals surface area contributed by atoms with Crippen molar-refractivity contribution < 1.29 is 49.0 Å². The summed E-state index contributed by atoms with van der Waals surface area (Å²) in [5.41, 5.74) is -5.89. The van der Waals surface area contributed by atoms with E-state index in [1.54, 1.807) is 36.9 Å². The van der Waals surface area contributed by atoms with Crippen molar-refractivity contribution >= 4 is 42.5 Å². The number of H-pyrrole nitrogens is 1. The zero-order valence-corrected chi connectivity index (χ0v) is 25.6. The Labute approximate surface area is 256 Å². The highest BCUT2D eigenvalue weighted by molar-refractivity contribution is 7.92. The van der Waals surface area contributed by atoms with Crippen LogP contribution in [0.2, 0.25) is 0 Å². The average Bonchev–Trinajstić information content (AvgIpc) is 3.45. The highest BCUT2D eigenvalue weighted by Crippen LogP contribution is 2.36. The van der Waals surface area contributed by atoms with Crippen molar-refractivity contribution in [1.29, 1.82) is 0 Å². The minimum Gasteiger partial charge on any atom is -0.455 e. The number of anilines is 1. The maximum atomic E-state index is 13.6. The van der Waals surface area contributed by atoms with E-state index in [1.165, 1.54) is 30.5 Å². The molecule has 2 aromatic heterocycles. The van der Waals surface area contributed by atoms with Gasteiger partial charge in [0.05, 0.1) is 22.3 Å². The van der Waals surface area contributed by atoms with Crippen LogP contribution < -0.4 is 14.8 Å². The van der Waals surface area contributed by atoms with Crippen LogP contribution in [0, 0.1) is 0 Å². The molecule has 0 atom stereocenters. The van der Waals surface area contributed by atoms with Gasteiger partial charge in [0.25, 0.3) is 25.8 Å². The Morgan fingerprint density at radius 1 is 1.00 bits per heavy atom. The molecule has 0 unspecified atom stereocenters. The first-order valence-corrected chi connectivity index (χ1v) is 16.4. The third kappa shape index (κ3) is 7.91. The van der Waals surface area contributed by atoms with Crippen LogP contribution >= 0.6 is 0 Å². The van der Waals surface area contributed by atoms with Crippen LogP contribution in [0.15, 0.2) is 76.8 Å². The molecule has 0 aliphatic rings. The smallest absolute Gasteiger partial charge is 0.455 e. The number of sulfone groups is 1. The molecular weight excluding hydrogens is 641 g/mol. The van der Waals surface area contributed by atoms with E-state index in [0.29, 0.717) is 30.3 Å². The number of hydrogen-bond donors (Lipinski definition) is 3. The topological polar surface area (TPSA) is 166 Å². The number of hydrogen-bond acceptors (Lipinski definition) is 10. The van der Waals surface area contributed by atoms with Crippen molar-refractivity contribution in [3.05, 3.63) is 72.6 Å². The second-order valence-electron chi connectivity index (χ2n) is 9.28. The summed E-state index contributed by atoms with van der Waals surface area (Å²) in [6, 6.07) is 11.1. The van der Waals surface area contributed by atoms with E-state index in [2.05, 4.69) is 15.3 Å². The quantitative estimate of drug-likeness (QED) is 0.156. The van der Waals surface area contributed by atoms with E-state index < -0.39 is 53.0 Å². The molecule has 0 fully saturated rings. The molecule has 0 bridgehead atoms. The van der Waals surface area contributed by atoms with Gasteiger partial charge in [-0.05, 0) is 56.3 Å². The Morgan fingerprint density at radius 2 is 1.71 bits per heavy atom. The number of carbonyl (C=O) groups excluding carboxylic acids is 1. The number of carbonyl (C=O) groups is 1. The van der Waals surface area contributed by atoms with Crippen molar-refractivity contribution in [2.24, 2.45) is 0 Å². The zero-order valence-electron chi connectivity index (χ0n) is 23.9. The summed E-state index contributed by atoms with van der Waals surface area (Å²) < 4.78 is 110. The molecule has 242 valence electrons. The van der Waals surface area contributed by atoms with Crippen molar-refractivity contribution in [1.82, 2.24) is 14.7 Å². The number of pyridine rings is 1. The zero-order chi connectivity index (χ0) is 32.8. The predicted molar refractivity (Wildman–Crippen MR) is 157 cm³/mol. The summed E-state index contributed by atoms with van der Waals surface area (Å²) >= 11 is 0. The summed E-state index contributed by atoms with van der Waals surface area (Å²) in [6.07, 6.45) is 2.49. The molecule has 0 saturated heterocycles. The predicted octanol–water partition coefficient (Wildman–Crippen LogP) is 4.97. The number of ether oxygens (including phenoxy) is 3. The third-order valence-electron chi connectivity index (χ3n) is 6.22. The summed E-state index contributed by atoms with van der Waals surface area (Å²) in [7, 11) is -10.9. The maximum absolute atomic E-state index is 13.6. The summed E-state index contributed by atoms with van der Waals surface area (Å²) in [6.45, 7) is 3.97. The van der Waals surface area contributed by atoms with Gasteiger partial charge in [-0.2, -0.15) is 13.2 Å². The van der Waals surface area contributed by atoms with Gasteiger partial charge in [0, 0.05) is 37.8 Å². The van der Waals surface area contributed by atoms with E-state index in [4.69, 9.17) is 14.2 Å². The lowest BCUT2D eigenvalue weighted by Gasteiger charge is -2.19. The van der Waals surface area contributed by atoms with Crippen LogP contribution in [-0.4, -0.2) is 64.3 Å². The molecule has 0 saturated carbocycles. The van der Waals surface area contributed by atoms with Crippen molar-refractivity contribution in [2.75, 3.05) is 25.1 Å². The molecule has 2 heterocycles. The molecule has 17 heteroatoms. The number of nitrogens with one attached hydrogen (secondary N) is 3. The van der Waals surface area contributed by atoms with Gasteiger partial charge in [-0.15, -0.1) is 0 Å².